The van der Waals surface area contributed by atoms with E-state index in [4.69, 9.17) is 23.2 Å². The van der Waals surface area contributed by atoms with Crippen molar-refractivity contribution in [1.29, 1.82) is 0 Å². The van der Waals surface area contributed by atoms with E-state index >= 15 is 0 Å². The quantitative estimate of drug-likeness (QED) is 0.823. The van der Waals surface area contributed by atoms with Gasteiger partial charge in [0, 0.05) is 27.6 Å². The predicted molar refractivity (Wildman–Crippen MR) is 78.7 cm³/mol. The van der Waals surface area contributed by atoms with Gasteiger partial charge in [-0.05, 0) is 37.9 Å². The van der Waals surface area contributed by atoms with Crippen LogP contribution >= 0.6 is 23.2 Å². The van der Waals surface area contributed by atoms with Crippen LogP contribution in [0.25, 0.3) is 0 Å². The summed E-state index contributed by atoms with van der Waals surface area (Å²) in [6, 6.07) is 5.69. The molecule has 1 aliphatic carbocycles. The maximum absolute atomic E-state index is 10.9. The van der Waals surface area contributed by atoms with E-state index in [9.17, 15) is 5.11 Å². The maximum atomic E-state index is 10.9. The first-order valence-electron chi connectivity index (χ1n) is 7.01. The minimum absolute atomic E-state index is 0.0697. The van der Waals surface area contributed by atoms with Gasteiger partial charge in [-0.1, -0.05) is 42.1 Å². The van der Waals surface area contributed by atoms with Gasteiger partial charge in [-0.3, -0.25) is 0 Å². The Balaban J connectivity index is 1.99. The van der Waals surface area contributed by atoms with Crippen LogP contribution in [-0.2, 0) is 0 Å². The van der Waals surface area contributed by atoms with Gasteiger partial charge in [0.25, 0.3) is 0 Å². The van der Waals surface area contributed by atoms with E-state index in [2.05, 4.69) is 5.32 Å². The van der Waals surface area contributed by atoms with Crippen molar-refractivity contribution < 1.29 is 5.11 Å². The molecule has 4 heteroatoms. The van der Waals surface area contributed by atoms with Crippen LogP contribution in [0.2, 0.25) is 10.0 Å². The lowest BCUT2D eigenvalue weighted by atomic mass is 9.67. The first-order chi connectivity index (χ1) is 9.12. The molecule has 19 heavy (non-hydrogen) atoms. The van der Waals surface area contributed by atoms with E-state index in [1.54, 1.807) is 0 Å². The summed E-state index contributed by atoms with van der Waals surface area (Å²) in [4.78, 5) is 0. The van der Waals surface area contributed by atoms with Crippen molar-refractivity contribution in [3.63, 3.8) is 0 Å². The largest absolute Gasteiger partial charge is 0.389 e. The van der Waals surface area contributed by atoms with Crippen molar-refractivity contribution in [3.05, 3.63) is 33.8 Å². The molecule has 104 valence electrons. The molecular weight excluding hydrogens is 281 g/mol. The van der Waals surface area contributed by atoms with Crippen LogP contribution in [0, 0.1) is 5.92 Å². The summed E-state index contributed by atoms with van der Waals surface area (Å²) in [5.41, 5.74) is 0.410. The molecule has 3 atom stereocenters. The van der Waals surface area contributed by atoms with E-state index < -0.39 is 5.60 Å². The Morgan fingerprint density at radius 1 is 1.16 bits per heavy atom. The maximum Gasteiger partial charge on any atom is 0.0706 e. The third kappa shape index (κ3) is 2.40. The van der Waals surface area contributed by atoms with Crippen molar-refractivity contribution in [1.82, 2.24) is 5.32 Å². The zero-order valence-electron chi connectivity index (χ0n) is 10.8. The molecule has 1 aromatic carbocycles. The smallest absolute Gasteiger partial charge is 0.0706 e. The molecule has 2 nitrogen and oxygen atoms in total. The van der Waals surface area contributed by atoms with E-state index in [1.165, 1.54) is 6.42 Å². The van der Waals surface area contributed by atoms with Gasteiger partial charge in [-0.25, -0.2) is 0 Å². The first-order valence-corrected chi connectivity index (χ1v) is 7.77. The highest BCUT2D eigenvalue weighted by Gasteiger charge is 2.46. The number of benzene rings is 1. The molecular formula is C15H19Cl2NO. The zero-order chi connectivity index (χ0) is 13.5. The third-order valence-electron chi connectivity index (χ3n) is 4.70. The Kier molecular flexibility index (Phi) is 3.78. The van der Waals surface area contributed by atoms with Crippen molar-refractivity contribution in [2.45, 2.75) is 43.7 Å². The highest BCUT2D eigenvalue weighted by Crippen LogP contribution is 2.48. The number of nitrogens with one attached hydrogen (secondary N) is 1. The molecule has 1 saturated carbocycles. The Bertz CT molecular complexity index is 455. The van der Waals surface area contributed by atoms with Gasteiger partial charge in [0.15, 0.2) is 0 Å². The fourth-order valence-corrected chi connectivity index (χ4v) is 4.37. The molecule has 0 amide bonds. The molecule has 1 saturated heterocycles. The fourth-order valence-electron chi connectivity index (χ4n) is 3.73. The topological polar surface area (TPSA) is 32.3 Å². The van der Waals surface area contributed by atoms with Crippen LogP contribution in [0.4, 0.5) is 0 Å². The van der Waals surface area contributed by atoms with Gasteiger partial charge < -0.3 is 10.4 Å². The molecule has 0 spiro atoms. The number of rotatable bonds is 1. The SMILES string of the molecule is O[C@]12CCCC[C@H]1[C@@H](c1c(Cl)cccc1Cl)NCC2. The van der Waals surface area contributed by atoms with Crippen LogP contribution in [0.1, 0.15) is 43.7 Å². The molecule has 0 aromatic heterocycles. The number of hydrogen-bond donors (Lipinski definition) is 2. The first kappa shape index (κ1) is 13.7. The summed E-state index contributed by atoms with van der Waals surface area (Å²) in [6.45, 7) is 0.819. The normalized spacial score (nSPS) is 34.9. The van der Waals surface area contributed by atoms with E-state index in [-0.39, 0.29) is 12.0 Å². The Labute approximate surface area is 124 Å². The van der Waals surface area contributed by atoms with Crippen LogP contribution in [0.3, 0.4) is 0 Å². The molecule has 1 heterocycles. The lowest BCUT2D eigenvalue weighted by Crippen LogP contribution is -2.53. The third-order valence-corrected chi connectivity index (χ3v) is 5.36. The average Bonchev–Trinajstić information content (AvgIpc) is 2.38. The molecule has 2 fully saturated rings. The van der Waals surface area contributed by atoms with E-state index in [1.807, 2.05) is 18.2 Å². The highest BCUT2D eigenvalue weighted by molar-refractivity contribution is 6.36. The van der Waals surface area contributed by atoms with Gasteiger partial charge in [0.05, 0.1) is 5.60 Å². The number of aliphatic hydroxyl groups is 1. The van der Waals surface area contributed by atoms with Crippen molar-refractivity contribution >= 4 is 23.2 Å². The van der Waals surface area contributed by atoms with Gasteiger partial charge in [-0.2, -0.15) is 0 Å². The van der Waals surface area contributed by atoms with Gasteiger partial charge in [-0.15, -0.1) is 0 Å². The molecule has 0 bridgehead atoms. The molecule has 0 unspecified atom stereocenters. The van der Waals surface area contributed by atoms with Crippen LogP contribution in [0.15, 0.2) is 18.2 Å². The summed E-state index contributed by atoms with van der Waals surface area (Å²) in [5.74, 6) is 0.215. The summed E-state index contributed by atoms with van der Waals surface area (Å²) in [7, 11) is 0. The molecule has 2 N–H and O–H groups in total. The van der Waals surface area contributed by atoms with Crippen molar-refractivity contribution in [2.24, 2.45) is 5.92 Å². The van der Waals surface area contributed by atoms with Crippen molar-refractivity contribution in [3.8, 4) is 0 Å². The standard InChI is InChI=1S/C15H19Cl2NO/c16-11-5-3-6-12(17)13(11)14-10-4-1-2-7-15(10,19)8-9-18-14/h3,5-6,10,14,18-19H,1-2,4,7-9H2/t10-,14-,15-/m0/s1. The van der Waals surface area contributed by atoms with E-state index in [0.717, 1.165) is 37.8 Å². The number of halogens is 2. The Morgan fingerprint density at radius 3 is 2.63 bits per heavy atom. The molecule has 3 rings (SSSR count). The summed E-state index contributed by atoms with van der Waals surface area (Å²) in [5, 5.41) is 15.8. The molecule has 1 aromatic rings. The number of piperidine rings is 1. The monoisotopic (exact) mass is 299 g/mol. The zero-order valence-corrected chi connectivity index (χ0v) is 12.3. The Hall–Kier alpha value is -0.280. The van der Waals surface area contributed by atoms with Gasteiger partial charge in [0.2, 0.25) is 0 Å². The summed E-state index contributed by atoms with van der Waals surface area (Å²) < 4.78 is 0. The number of hydrogen-bond acceptors (Lipinski definition) is 2. The second kappa shape index (κ2) is 5.25. The summed E-state index contributed by atoms with van der Waals surface area (Å²) in [6.07, 6.45) is 5.06. The van der Waals surface area contributed by atoms with Gasteiger partial charge in [0.1, 0.15) is 0 Å². The minimum Gasteiger partial charge on any atom is -0.389 e. The molecule has 1 aliphatic heterocycles. The number of fused-ring (bicyclic) bond motifs is 1. The molecule has 2 aliphatic rings. The second-order valence-electron chi connectivity index (χ2n) is 5.77. The van der Waals surface area contributed by atoms with Crippen LogP contribution in [0.5, 0.6) is 0 Å². The van der Waals surface area contributed by atoms with Gasteiger partial charge >= 0.3 is 0 Å². The second-order valence-corrected chi connectivity index (χ2v) is 6.59. The van der Waals surface area contributed by atoms with Crippen LogP contribution < -0.4 is 5.32 Å². The van der Waals surface area contributed by atoms with Crippen molar-refractivity contribution in [2.75, 3.05) is 6.54 Å². The van der Waals surface area contributed by atoms with Crippen LogP contribution in [-0.4, -0.2) is 17.3 Å². The predicted octanol–water partition coefficient (Wildman–Crippen LogP) is 3.95. The molecule has 0 radical (unpaired) electrons. The highest BCUT2D eigenvalue weighted by atomic mass is 35.5. The minimum atomic E-state index is -0.545. The lowest BCUT2D eigenvalue weighted by Gasteiger charge is -2.48. The average molecular weight is 300 g/mol. The fraction of sp³-hybridized carbons (Fsp3) is 0.600. The summed E-state index contributed by atoms with van der Waals surface area (Å²) >= 11 is 12.7. The Morgan fingerprint density at radius 2 is 1.89 bits per heavy atom. The van der Waals surface area contributed by atoms with E-state index in [0.29, 0.717) is 10.0 Å². The lowest BCUT2D eigenvalue weighted by molar-refractivity contribution is -0.0861.